The molecule has 0 bridgehead atoms. The van der Waals surface area contributed by atoms with Gasteiger partial charge in [-0.3, -0.25) is 31.1 Å². The zero-order chi connectivity index (χ0) is 62.4. The van der Waals surface area contributed by atoms with Crippen LogP contribution in [-0.2, 0) is 22.2 Å². The van der Waals surface area contributed by atoms with E-state index in [0.717, 1.165) is 39.3 Å². The lowest BCUT2D eigenvalue weighted by molar-refractivity contribution is 0.194. The van der Waals surface area contributed by atoms with E-state index in [0.29, 0.717) is 26.2 Å². The zero-order valence-corrected chi connectivity index (χ0v) is 52.6. The number of nitrogens with zero attached hydrogens (tertiary/aromatic N) is 2. The SMILES string of the molecule is c1ccc(C(NCCN(CCNC(c2ccccc2)(c2ccccc2)c2ccccc2)CCN(CCNC(c2ccccc2)(c2ccccc2)c2ccccc2)CCNC(c2ccccc2)(c2ccccc2)c2ccccc2)(c2ccccc2)c2ccccc2)cc1. The van der Waals surface area contributed by atoms with E-state index < -0.39 is 22.2 Å². The normalized spacial score (nSPS) is 12.1. The summed E-state index contributed by atoms with van der Waals surface area (Å²) in [5, 5.41) is 17.1. The van der Waals surface area contributed by atoms with Crippen molar-refractivity contribution in [3.8, 4) is 0 Å². The number of nitrogens with one attached hydrogen (secondary N) is 4. The molecule has 4 N–H and O–H groups in total. The Hall–Kier alpha value is -9.60. The van der Waals surface area contributed by atoms with Gasteiger partial charge in [0.05, 0.1) is 22.2 Å². The van der Waals surface area contributed by atoms with Gasteiger partial charge in [-0.15, -0.1) is 0 Å². The van der Waals surface area contributed by atoms with Crippen molar-refractivity contribution in [2.75, 3.05) is 65.4 Å². The topological polar surface area (TPSA) is 54.6 Å². The van der Waals surface area contributed by atoms with Crippen molar-refractivity contribution in [2.45, 2.75) is 22.2 Å². The molecule has 0 aliphatic carbocycles. The number of benzene rings is 12. The van der Waals surface area contributed by atoms with Gasteiger partial charge in [0, 0.05) is 65.4 Å². The fourth-order valence-corrected chi connectivity index (χ4v) is 14.0. The van der Waals surface area contributed by atoms with E-state index >= 15 is 0 Å². The summed E-state index contributed by atoms with van der Waals surface area (Å²) in [6, 6.07) is 132. The minimum Gasteiger partial charge on any atom is -0.300 e. The summed E-state index contributed by atoms with van der Waals surface area (Å²) >= 11 is 0. The van der Waals surface area contributed by atoms with Crippen LogP contribution in [0.15, 0.2) is 364 Å². The average Bonchev–Trinajstić information content (AvgIpc) is 0.922. The van der Waals surface area contributed by atoms with Gasteiger partial charge < -0.3 is 0 Å². The minimum absolute atomic E-state index is 0.619. The summed E-state index contributed by atoms with van der Waals surface area (Å²) in [6.07, 6.45) is 0. The van der Waals surface area contributed by atoms with Gasteiger partial charge in [-0.25, -0.2) is 0 Å². The van der Waals surface area contributed by atoms with Crippen LogP contribution in [0, 0.1) is 0 Å². The van der Waals surface area contributed by atoms with Gasteiger partial charge in [0.15, 0.2) is 0 Å². The second-order valence-corrected chi connectivity index (χ2v) is 23.8. The highest BCUT2D eigenvalue weighted by atomic mass is 15.2. The monoisotopic (exact) mass is 1200 g/mol. The quantitative estimate of drug-likeness (QED) is 0.0325. The van der Waals surface area contributed by atoms with Crippen molar-refractivity contribution in [3.05, 3.63) is 431 Å². The molecule has 0 aliphatic rings. The molecule has 0 fully saturated rings. The maximum absolute atomic E-state index is 4.28. The van der Waals surface area contributed by atoms with Crippen LogP contribution in [0.5, 0.6) is 0 Å². The van der Waals surface area contributed by atoms with E-state index in [2.05, 4.69) is 395 Å². The Labute approximate surface area is 546 Å². The molecule has 12 aromatic rings. The maximum Gasteiger partial charge on any atom is 0.0948 e. The van der Waals surface area contributed by atoms with Gasteiger partial charge in [0.1, 0.15) is 0 Å². The summed E-state index contributed by atoms with van der Waals surface area (Å²) in [6.45, 7) is 7.62. The molecule has 0 atom stereocenters. The first-order valence-electron chi connectivity index (χ1n) is 32.7. The van der Waals surface area contributed by atoms with Crippen molar-refractivity contribution < 1.29 is 0 Å². The fourth-order valence-electron chi connectivity index (χ4n) is 14.0. The van der Waals surface area contributed by atoms with Crippen LogP contribution in [0.4, 0.5) is 0 Å². The lowest BCUT2D eigenvalue weighted by Crippen LogP contribution is -2.52. The Balaban J connectivity index is 0.914. The maximum atomic E-state index is 4.28. The largest absolute Gasteiger partial charge is 0.300 e. The molecule has 458 valence electrons. The van der Waals surface area contributed by atoms with Crippen molar-refractivity contribution in [1.29, 1.82) is 0 Å². The van der Waals surface area contributed by atoms with Crippen molar-refractivity contribution in [1.82, 2.24) is 31.1 Å². The molecule has 12 rings (SSSR count). The second-order valence-electron chi connectivity index (χ2n) is 23.8. The third-order valence-electron chi connectivity index (χ3n) is 18.5. The minimum atomic E-state index is -0.619. The molecule has 0 spiro atoms. The van der Waals surface area contributed by atoms with Gasteiger partial charge in [-0.2, -0.15) is 0 Å². The van der Waals surface area contributed by atoms with Crippen LogP contribution >= 0.6 is 0 Å². The molecule has 0 radical (unpaired) electrons. The molecule has 12 aromatic carbocycles. The summed E-state index contributed by atoms with van der Waals surface area (Å²) in [4.78, 5) is 5.38. The summed E-state index contributed by atoms with van der Waals surface area (Å²) in [5.74, 6) is 0. The zero-order valence-electron chi connectivity index (χ0n) is 52.6. The van der Waals surface area contributed by atoms with E-state index in [4.69, 9.17) is 0 Å². The van der Waals surface area contributed by atoms with Crippen molar-refractivity contribution >= 4 is 0 Å². The molecule has 6 heteroatoms. The molecule has 0 heterocycles. The smallest absolute Gasteiger partial charge is 0.0948 e. The van der Waals surface area contributed by atoms with E-state index in [9.17, 15) is 0 Å². The second kappa shape index (κ2) is 30.9. The average molecular weight is 1200 g/mol. The molecule has 0 saturated carbocycles. The van der Waals surface area contributed by atoms with E-state index in [1.54, 1.807) is 0 Å². The first-order valence-corrected chi connectivity index (χ1v) is 32.7. The fraction of sp³-hybridized carbons (Fsp3) is 0.163. The van der Waals surface area contributed by atoms with Gasteiger partial charge in [0.25, 0.3) is 0 Å². The van der Waals surface area contributed by atoms with Crippen molar-refractivity contribution in [2.24, 2.45) is 0 Å². The molecule has 0 saturated heterocycles. The molecule has 0 amide bonds. The number of hydrogen-bond acceptors (Lipinski definition) is 6. The predicted octanol–water partition coefficient (Wildman–Crippen LogP) is 15.9. The highest BCUT2D eigenvalue weighted by Crippen LogP contribution is 2.41. The van der Waals surface area contributed by atoms with Gasteiger partial charge in [-0.05, 0) is 66.8 Å². The summed E-state index contributed by atoms with van der Waals surface area (Å²) in [7, 11) is 0. The van der Waals surface area contributed by atoms with Crippen molar-refractivity contribution in [3.63, 3.8) is 0 Å². The third kappa shape index (κ3) is 13.8. The summed E-state index contributed by atoms with van der Waals surface area (Å²) < 4.78 is 0. The van der Waals surface area contributed by atoms with Gasteiger partial charge in [0.2, 0.25) is 0 Å². The Morgan fingerprint density at radius 3 is 0.370 bits per heavy atom. The van der Waals surface area contributed by atoms with Crippen LogP contribution in [0.3, 0.4) is 0 Å². The standard InChI is InChI=1S/C86H84N6/c1-13-37-71(38-14-1)83(72-39-15-2-16-40-72,73-41-17-3-18-42-73)87-61-65-91(66-62-88-84(74-43-19-4-20-44-74,75-45-21-5-22-46-75)76-47-23-6-24-48-76)69-70-92(67-63-89-85(77-49-25-7-26-50-77,78-51-27-8-28-52-78)79-53-29-9-30-54-79)68-64-90-86(80-55-31-10-32-56-80,81-57-33-11-34-58-81)82-59-35-12-36-60-82/h1-60,87-90H,61-70H2. The number of hydrogen-bond donors (Lipinski definition) is 4. The lowest BCUT2D eigenvalue weighted by Gasteiger charge is -2.40. The molecule has 6 nitrogen and oxygen atoms in total. The first kappa shape index (κ1) is 62.6. The molecule has 0 aromatic heterocycles. The first-order chi connectivity index (χ1) is 45.6. The number of rotatable bonds is 31. The molecular weight excluding hydrogens is 1120 g/mol. The predicted molar refractivity (Wildman–Crippen MR) is 382 cm³/mol. The summed E-state index contributed by atoms with van der Waals surface area (Å²) in [5.41, 5.74) is 11.9. The molecule has 0 unspecified atom stereocenters. The van der Waals surface area contributed by atoms with Crippen LogP contribution < -0.4 is 21.3 Å². The van der Waals surface area contributed by atoms with E-state index in [1.807, 2.05) is 0 Å². The van der Waals surface area contributed by atoms with Crippen LogP contribution in [-0.4, -0.2) is 75.2 Å². The lowest BCUT2D eigenvalue weighted by atomic mass is 9.77. The molecule has 0 aliphatic heterocycles. The Kier molecular flexibility index (Phi) is 21.1. The molecular formula is C86H84N6. The van der Waals surface area contributed by atoms with Crippen LogP contribution in [0.2, 0.25) is 0 Å². The Bertz CT molecular complexity index is 3100. The van der Waals surface area contributed by atoms with E-state index in [1.165, 1.54) is 66.8 Å². The highest BCUT2D eigenvalue weighted by Gasteiger charge is 2.40. The van der Waals surface area contributed by atoms with Crippen LogP contribution in [0.25, 0.3) is 0 Å². The molecule has 92 heavy (non-hydrogen) atoms. The highest BCUT2D eigenvalue weighted by molar-refractivity contribution is 5.54. The Morgan fingerprint density at radius 2 is 0.261 bits per heavy atom. The van der Waals surface area contributed by atoms with Gasteiger partial charge >= 0.3 is 0 Å². The van der Waals surface area contributed by atoms with Gasteiger partial charge in [-0.1, -0.05) is 364 Å². The van der Waals surface area contributed by atoms with E-state index in [-0.39, 0.29) is 0 Å². The van der Waals surface area contributed by atoms with Crippen LogP contribution in [0.1, 0.15) is 66.8 Å². The third-order valence-corrected chi connectivity index (χ3v) is 18.5. The Morgan fingerprint density at radius 1 is 0.152 bits per heavy atom.